The molecule has 7 heteroatoms. The third-order valence-corrected chi connectivity index (χ3v) is 3.22. The molecule has 0 atom stereocenters. The largest absolute Gasteiger partial charge is 0.383 e. The molecule has 0 saturated carbocycles. The van der Waals surface area contributed by atoms with Gasteiger partial charge in [0.15, 0.2) is 4.77 Å². The summed E-state index contributed by atoms with van der Waals surface area (Å²) >= 11 is 5.36. The van der Waals surface area contributed by atoms with Crippen molar-refractivity contribution in [3.8, 4) is 0 Å². The molecular weight excluding hydrogens is 240 g/mol. The predicted molar refractivity (Wildman–Crippen MR) is 65.3 cm³/mol. The van der Waals surface area contributed by atoms with Crippen molar-refractivity contribution in [3.05, 3.63) is 11.1 Å². The molecule has 0 radical (unpaired) electrons. The van der Waals surface area contributed by atoms with Crippen LogP contribution in [0, 0.1) is 4.77 Å². The molecule has 1 aromatic heterocycles. The fraction of sp³-hybridized carbons (Fsp3) is 0.800. The molecule has 1 aromatic rings. The van der Waals surface area contributed by atoms with Gasteiger partial charge in [0.1, 0.15) is 6.33 Å². The van der Waals surface area contributed by atoms with Crippen molar-refractivity contribution in [1.29, 1.82) is 0 Å². The molecule has 2 heterocycles. The van der Waals surface area contributed by atoms with Crippen LogP contribution < -0.4 is 0 Å². The number of hydrogen-bond donors (Lipinski definition) is 0. The molecule has 96 valence electrons. The summed E-state index contributed by atoms with van der Waals surface area (Å²) in [7, 11) is 1.68. The van der Waals surface area contributed by atoms with Crippen molar-refractivity contribution in [2.75, 3.05) is 40.0 Å². The quantitative estimate of drug-likeness (QED) is 0.713. The second-order valence-electron chi connectivity index (χ2n) is 3.97. The highest BCUT2D eigenvalue weighted by Crippen LogP contribution is 2.01. The first kappa shape index (κ1) is 12.7. The first-order valence-electron chi connectivity index (χ1n) is 5.72. The highest BCUT2D eigenvalue weighted by Gasteiger charge is 2.12. The van der Waals surface area contributed by atoms with Gasteiger partial charge in [-0.2, -0.15) is 5.10 Å². The summed E-state index contributed by atoms with van der Waals surface area (Å²) in [5, 5.41) is 4.30. The third kappa shape index (κ3) is 3.35. The highest BCUT2D eigenvalue weighted by atomic mass is 32.1. The van der Waals surface area contributed by atoms with Gasteiger partial charge in [0, 0.05) is 26.7 Å². The molecule has 1 saturated heterocycles. The summed E-state index contributed by atoms with van der Waals surface area (Å²) < 4.78 is 14.9. The van der Waals surface area contributed by atoms with Crippen LogP contribution in [-0.2, 0) is 22.7 Å². The van der Waals surface area contributed by atoms with E-state index in [4.69, 9.17) is 21.7 Å². The Morgan fingerprint density at radius 1 is 1.47 bits per heavy atom. The summed E-state index contributed by atoms with van der Waals surface area (Å²) in [6.45, 7) is 5.59. The monoisotopic (exact) mass is 258 g/mol. The Hall–Kier alpha value is -0.760. The number of methoxy groups -OCH3 is 1. The second-order valence-corrected chi connectivity index (χ2v) is 4.34. The standard InChI is InChI=1S/C10H18N4O2S/c1-15-5-4-13-8-11-14(10(13)17)9-12-2-6-16-7-3-12/h8H,2-7,9H2,1H3. The Morgan fingerprint density at radius 2 is 2.24 bits per heavy atom. The molecular formula is C10H18N4O2S. The lowest BCUT2D eigenvalue weighted by molar-refractivity contribution is 0.0209. The maximum absolute atomic E-state index is 5.36. The molecule has 0 N–H and O–H groups in total. The maximum Gasteiger partial charge on any atom is 0.198 e. The minimum absolute atomic E-state index is 0.650. The van der Waals surface area contributed by atoms with Crippen LogP contribution in [0.25, 0.3) is 0 Å². The zero-order chi connectivity index (χ0) is 12.1. The van der Waals surface area contributed by atoms with Crippen LogP contribution in [0.1, 0.15) is 0 Å². The zero-order valence-electron chi connectivity index (χ0n) is 10.0. The van der Waals surface area contributed by atoms with Gasteiger partial charge in [-0.05, 0) is 12.2 Å². The van der Waals surface area contributed by atoms with Crippen molar-refractivity contribution in [3.63, 3.8) is 0 Å². The Bertz CT molecular complexity index is 397. The topological polar surface area (TPSA) is 44.5 Å². The second kappa shape index (κ2) is 6.25. The lowest BCUT2D eigenvalue weighted by atomic mass is 10.4. The Balaban J connectivity index is 1.96. The number of aromatic nitrogens is 3. The van der Waals surface area contributed by atoms with Crippen LogP contribution in [-0.4, -0.2) is 59.3 Å². The molecule has 0 aliphatic carbocycles. The average molecular weight is 258 g/mol. The maximum atomic E-state index is 5.36. The van der Waals surface area contributed by atoms with Crippen LogP contribution in [0.2, 0.25) is 0 Å². The average Bonchev–Trinajstić information content (AvgIpc) is 2.70. The fourth-order valence-corrected chi connectivity index (χ4v) is 1.99. The minimum Gasteiger partial charge on any atom is -0.383 e. The van der Waals surface area contributed by atoms with E-state index in [1.807, 2.05) is 9.25 Å². The lowest BCUT2D eigenvalue weighted by Crippen LogP contribution is -2.37. The molecule has 0 spiro atoms. The Kier molecular flexibility index (Phi) is 4.66. The molecule has 0 aromatic carbocycles. The van der Waals surface area contributed by atoms with Gasteiger partial charge in [0.2, 0.25) is 0 Å². The first-order valence-corrected chi connectivity index (χ1v) is 6.13. The van der Waals surface area contributed by atoms with E-state index >= 15 is 0 Å². The molecule has 17 heavy (non-hydrogen) atoms. The van der Waals surface area contributed by atoms with Gasteiger partial charge in [-0.1, -0.05) is 0 Å². The van der Waals surface area contributed by atoms with Crippen molar-refractivity contribution in [2.45, 2.75) is 13.2 Å². The SMILES string of the molecule is COCCn1cnn(CN2CCOCC2)c1=S. The van der Waals surface area contributed by atoms with Crippen molar-refractivity contribution in [2.24, 2.45) is 0 Å². The Labute approximate surface area is 106 Å². The van der Waals surface area contributed by atoms with E-state index in [9.17, 15) is 0 Å². The highest BCUT2D eigenvalue weighted by molar-refractivity contribution is 7.71. The molecule has 1 aliphatic rings. The summed E-state index contributed by atoms with van der Waals surface area (Å²) in [6.07, 6.45) is 1.77. The smallest absolute Gasteiger partial charge is 0.198 e. The number of morpholine rings is 1. The molecule has 0 bridgehead atoms. The van der Waals surface area contributed by atoms with E-state index in [2.05, 4.69) is 10.00 Å². The van der Waals surface area contributed by atoms with Gasteiger partial charge in [0.05, 0.1) is 26.5 Å². The van der Waals surface area contributed by atoms with Crippen LogP contribution >= 0.6 is 12.2 Å². The van der Waals surface area contributed by atoms with Crippen molar-refractivity contribution >= 4 is 12.2 Å². The van der Waals surface area contributed by atoms with Crippen LogP contribution in [0.5, 0.6) is 0 Å². The summed E-state index contributed by atoms with van der Waals surface area (Å²) in [4.78, 5) is 2.28. The first-order chi connectivity index (χ1) is 8.31. The van der Waals surface area contributed by atoms with Gasteiger partial charge >= 0.3 is 0 Å². The van der Waals surface area contributed by atoms with E-state index in [1.54, 1.807) is 13.4 Å². The molecule has 2 rings (SSSR count). The summed E-state index contributed by atoms with van der Waals surface area (Å²) in [5.41, 5.74) is 0. The number of nitrogens with zero attached hydrogens (tertiary/aromatic N) is 4. The van der Waals surface area contributed by atoms with Gasteiger partial charge < -0.3 is 14.0 Å². The van der Waals surface area contributed by atoms with Gasteiger partial charge in [-0.25, -0.2) is 4.68 Å². The third-order valence-electron chi connectivity index (χ3n) is 2.77. The summed E-state index contributed by atoms with van der Waals surface area (Å²) in [5.74, 6) is 0. The zero-order valence-corrected chi connectivity index (χ0v) is 10.9. The van der Waals surface area contributed by atoms with Gasteiger partial charge in [-0.3, -0.25) is 4.90 Å². The van der Waals surface area contributed by atoms with E-state index in [-0.39, 0.29) is 0 Å². The molecule has 6 nitrogen and oxygen atoms in total. The fourth-order valence-electron chi connectivity index (χ4n) is 1.74. The van der Waals surface area contributed by atoms with E-state index in [0.29, 0.717) is 6.61 Å². The van der Waals surface area contributed by atoms with Crippen LogP contribution in [0.15, 0.2) is 6.33 Å². The van der Waals surface area contributed by atoms with Crippen molar-refractivity contribution < 1.29 is 9.47 Å². The van der Waals surface area contributed by atoms with E-state index < -0.39 is 0 Å². The predicted octanol–water partition coefficient (Wildman–Crippen LogP) is 0.350. The normalized spacial score (nSPS) is 17.5. The number of ether oxygens (including phenoxy) is 2. The lowest BCUT2D eigenvalue weighted by Gasteiger charge is -2.26. The van der Waals surface area contributed by atoms with Crippen molar-refractivity contribution in [1.82, 2.24) is 19.2 Å². The van der Waals surface area contributed by atoms with Gasteiger partial charge in [0.25, 0.3) is 0 Å². The van der Waals surface area contributed by atoms with Crippen LogP contribution in [0.4, 0.5) is 0 Å². The number of hydrogen-bond acceptors (Lipinski definition) is 5. The van der Waals surface area contributed by atoms with Gasteiger partial charge in [-0.15, -0.1) is 0 Å². The number of rotatable bonds is 5. The van der Waals surface area contributed by atoms with E-state index in [1.165, 1.54) is 0 Å². The minimum atomic E-state index is 0.650. The molecule has 1 fully saturated rings. The summed E-state index contributed by atoms with van der Waals surface area (Å²) in [6, 6.07) is 0. The molecule has 1 aliphatic heterocycles. The molecule has 0 unspecified atom stereocenters. The Morgan fingerprint density at radius 3 is 2.94 bits per heavy atom. The molecule has 0 amide bonds. The van der Waals surface area contributed by atoms with E-state index in [0.717, 1.165) is 44.3 Å². The van der Waals surface area contributed by atoms with Crippen LogP contribution in [0.3, 0.4) is 0 Å².